The second-order valence-electron chi connectivity index (χ2n) is 2.01. The summed E-state index contributed by atoms with van der Waals surface area (Å²) in [6.07, 6.45) is 0. The number of hydrogen-bond acceptors (Lipinski definition) is 1. The molecule has 0 unspecified atom stereocenters. The van der Waals surface area contributed by atoms with Gasteiger partial charge < -0.3 is 5.11 Å². The summed E-state index contributed by atoms with van der Waals surface area (Å²) in [7, 11) is 0. The standard InChI is InChI=1S/C4H10N2O/c1-4(2,7)3(5)6/h7H,1-2H3,(H3,5,6)/p+1. The van der Waals surface area contributed by atoms with Gasteiger partial charge in [-0.2, -0.15) is 0 Å². The molecule has 0 radical (unpaired) electrons. The number of nitrogens with two attached hydrogens (primary N) is 2. The van der Waals surface area contributed by atoms with Gasteiger partial charge in [-0.25, -0.2) is 0 Å². The normalized spacial score (nSPS) is 11.3. The van der Waals surface area contributed by atoms with Crippen LogP contribution in [0.3, 0.4) is 0 Å². The average molecular weight is 103 g/mol. The van der Waals surface area contributed by atoms with E-state index in [1.807, 2.05) is 0 Å². The molecule has 5 N–H and O–H groups in total. The minimum Gasteiger partial charge on any atom is -0.378 e. The lowest BCUT2D eigenvalue weighted by molar-refractivity contribution is -0.132. The van der Waals surface area contributed by atoms with Gasteiger partial charge in [-0.3, -0.25) is 11.1 Å². The predicted molar refractivity (Wildman–Crippen MR) is 27.4 cm³/mol. The minimum absolute atomic E-state index is 0.0486. The molecule has 0 aliphatic carbocycles. The Morgan fingerprint density at radius 2 is 1.86 bits per heavy atom. The zero-order valence-electron chi connectivity index (χ0n) is 4.60. The van der Waals surface area contributed by atoms with E-state index in [-0.39, 0.29) is 5.84 Å². The summed E-state index contributed by atoms with van der Waals surface area (Å²) in [6, 6.07) is 0. The first-order valence-electron chi connectivity index (χ1n) is 2.05. The van der Waals surface area contributed by atoms with Crippen LogP contribution in [0.2, 0.25) is 0 Å². The second kappa shape index (κ2) is 1.50. The first-order chi connectivity index (χ1) is 2.94. The lowest BCUT2D eigenvalue weighted by Gasteiger charge is -2.07. The van der Waals surface area contributed by atoms with Crippen LogP contribution >= 0.6 is 0 Å². The monoisotopic (exact) mass is 103 g/mol. The summed E-state index contributed by atoms with van der Waals surface area (Å²) in [5.74, 6) is 0.0486. The van der Waals surface area contributed by atoms with Crippen molar-refractivity contribution in [2.75, 3.05) is 0 Å². The molecule has 7 heavy (non-hydrogen) atoms. The van der Waals surface area contributed by atoms with Crippen molar-refractivity contribution in [3.05, 3.63) is 0 Å². The highest BCUT2D eigenvalue weighted by Gasteiger charge is 2.20. The van der Waals surface area contributed by atoms with Crippen LogP contribution in [0.4, 0.5) is 0 Å². The Kier molecular flexibility index (Phi) is 1.38. The van der Waals surface area contributed by atoms with Crippen molar-refractivity contribution in [2.24, 2.45) is 5.73 Å². The fraction of sp³-hybridized carbons (Fsp3) is 0.750. The van der Waals surface area contributed by atoms with Gasteiger partial charge >= 0.3 is 0 Å². The van der Waals surface area contributed by atoms with Gasteiger partial charge in [0.25, 0.3) is 5.84 Å². The SMILES string of the molecule is CC(C)(O)C(N)=[NH2+]. The van der Waals surface area contributed by atoms with Gasteiger partial charge in [0, 0.05) is 0 Å². The summed E-state index contributed by atoms with van der Waals surface area (Å²) in [5.41, 5.74) is 3.99. The maximum atomic E-state index is 8.81. The molecule has 0 amide bonds. The van der Waals surface area contributed by atoms with E-state index in [0.717, 1.165) is 0 Å². The van der Waals surface area contributed by atoms with Gasteiger partial charge in [-0.05, 0) is 13.8 Å². The molecule has 3 nitrogen and oxygen atoms in total. The van der Waals surface area contributed by atoms with Gasteiger partial charge in [0.2, 0.25) is 0 Å². The third-order valence-corrected chi connectivity index (χ3v) is 0.706. The maximum absolute atomic E-state index is 8.81. The van der Waals surface area contributed by atoms with E-state index in [1.165, 1.54) is 13.8 Å². The highest BCUT2D eigenvalue weighted by atomic mass is 16.3. The number of aliphatic hydroxyl groups is 1. The van der Waals surface area contributed by atoms with Crippen molar-refractivity contribution in [2.45, 2.75) is 19.4 Å². The van der Waals surface area contributed by atoms with Crippen LogP contribution in [0.25, 0.3) is 0 Å². The molecule has 0 heterocycles. The van der Waals surface area contributed by atoms with Crippen LogP contribution in [0.1, 0.15) is 13.8 Å². The summed E-state index contributed by atoms with van der Waals surface area (Å²) in [6.45, 7) is 3.06. The van der Waals surface area contributed by atoms with Crippen LogP contribution in [-0.4, -0.2) is 16.5 Å². The Labute approximate surface area is 42.7 Å². The van der Waals surface area contributed by atoms with Crippen molar-refractivity contribution < 1.29 is 10.5 Å². The Balaban J connectivity index is 3.79. The highest BCUT2D eigenvalue weighted by Crippen LogP contribution is 1.94. The second-order valence-corrected chi connectivity index (χ2v) is 2.01. The third kappa shape index (κ3) is 2.17. The van der Waals surface area contributed by atoms with Crippen LogP contribution in [-0.2, 0) is 0 Å². The lowest BCUT2D eigenvalue weighted by atomic mass is 10.1. The van der Waals surface area contributed by atoms with Crippen molar-refractivity contribution in [3.63, 3.8) is 0 Å². The van der Waals surface area contributed by atoms with E-state index >= 15 is 0 Å². The fourth-order valence-electron chi connectivity index (χ4n) is 0. The number of amidine groups is 1. The van der Waals surface area contributed by atoms with E-state index in [1.54, 1.807) is 0 Å². The van der Waals surface area contributed by atoms with E-state index < -0.39 is 5.60 Å². The van der Waals surface area contributed by atoms with E-state index in [2.05, 4.69) is 0 Å². The molecule has 0 aliphatic rings. The average Bonchev–Trinajstić information content (AvgIpc) is 1.31. The molecule has 0 aromatic rings. The minimum atomic E-state index is -1.03. The Bertz CT molecular complexity index is 82.2. The molecular weight excluding hydrogens is 92.1 g/mol. The molecule has 0 saturated carbocycles. The van der Waals surface area contributed by atoms with Gasteiger partial charge in [0.05, 0.1) is 0 Å². The first kappa shape index (κ1) is 6.43. The summed E-state index contributed by atoms with van der Waals surface area (Å²) < 4.78 is 0. The number of rotatable bonds is 1. The van der Waals surface area contributed by atoms with Gasteiger partial charge in [-0.15, -0.1) is 0 Å². The molecule has 0 spiro atoms. The molecule has 42 valence electrons. The Morgan fingerprint density at radius 3 is 1.86 bits per heavy atom. The zero-order valence-corrected chi connectivity index (χ0v) is 4.60. The van der Waals surface area contributed by atoms with Crippen molar-refractivity contribution in [1.82, 2.24) is 0 Å². The molecule has 0 saturated heterocycles. The van der Waals surface area contributed by atoms with Gasteiger partial charge in [0.1, 0.15) is 0 Å². The summed E-state index contributed by atoms with van der Waals surface area (Å²) >= 11 is 0. The number of hydrogen-bond donors (Lipinski definition) is 3. The Morgan fingerprint density at radius 1 is 1.71 bits per heavy atom. The van der Waals surface area contributed by atoms with E-state index in [4.69, 9.17) is 16.2 Å². The molecule has 0 rings (SSSR count). The maximum Gasteiger partial charge on any atom is 0.270 e. The topological polar surface area (TPSA) is 71.8 Å². The van der Waals surface area contributed by atoms with Gasteiger partial charge in [-0.1, -0.05) is 0 Å². The van der Waals surface area contributed by atoms with Crippen LogP contribution in [0, 0.1) is 0 Å². The first-order valence-corrected chi connectivity index (χ1v) is 2.05. The largest absolute Gasteiger partial charge is 0.378 e. The highest BCUT2D eigenvalue weighted by molar-refractivity contribution is 5.81. The van der Waals surface area contributed by atoms with Crippen molar-refractivity contribution in [3.8, 4) is 0 Å². The van der Waals surface area contributed by atoms with E-state index in [9.17, 15) is 0 Å². The van der Waals surface area contributed by atoms with Crippen LogP contribution < -0.4 is 11.1 Å². The quantitative estimate of drug-likeness (QED) is 0.262. The predicted octanol–water partition coefficient (Wildman–Crippen LogP) is -2.13. The van der Waals surface area contributed by atoms with E-state index in [0.29, 0.717) is 0 Å². The van der Waals surface area contributed by atoms with Crippen molar-refractivity contribution >= 4 is 5.84 Å². The molecule has 0 aromatic carbocycles. The molecule has 3 heteroatoms. The third-order valence-electron chi connectivity index (χ3n) is 0.706. The smallest absolute Gasteiger partial charge is 0.270 e. The molecular formula is C4H11N2O+. The van der Waals surface area contributed by atoms with Crippen LogP contribution in [0.15, 0.2) is 0 Å². The molecule has 0 bridgehead atoms. The molecule has 0 fully saturated rings. The van der Waals surface area contributed by atoms with Crippen LogP contribution in [0.5, 0.6) is 0 Å². The lowest BCUT2D eigenvalue weighted by Crippen LogP contribution is -2.57. The summed E-state index contributed by atoms with van der Waals surface area (Å²) in [5, 5.41) is 13.8. The molecule has 0 aromatic heterocycles. The molecule has 0 aliphatic heterocycles. The fourth-order valence-corrected chi connectivity index (χ4v) is 0. The molecule has 0 atom stereocenters. The van der Waals surface area contributed by atoms with Crippen molar-refractivity contribution in [1.29, 1.82) is 0 Å². The summed E-state index contributed by atoms with van der Waals surface area (Å²) in [4.78, 5) is 0. The van der Waals surface area contributed by atoms with Gasteiger partial charge in [0.15, 0.2) is 5.60 Å². The Hall–Kier alpha value is -0.570. The zero-order chi connectivity index (χ0) is 6.08.